The molecular weight excluding hydrogens is 259 g/mol. The molecule has 0 spiro atoms. The molecule has 1 aromatic rings. The minimum Gasteiger partial charge on any atom is -0.392 e. The van der Waals surface area contributed by atoms with Crippen LogP contribution in [0.3, 0.4) is 0 Å². The maximum atomic E-state index is 13.6. The van der Waals surface area contributed by atoms with Gasteiger partial charge in [-0.25, -0.2) is 4.39 Å². The van der Waals surface area contributed by atoms with Crippen molar-refractivity contribution < 1.29 is 14.3 Å². The molecule has 1 saturated heterocycles. The number of piperazine rings is 1. The van der Waals surface area contributed by atoms with Gasteiger partial charge in [0.05, 0.1) is 11.7 Å². The van der Waals surface area contributed by atoms with E-state index in [1.807, 2.05) is 6.92 Å². The highest BCUT2D eigenvalue weighted by atomic mass is 19.1. The fraction of sp³-hybridized carbons (Fsp3) is 0.533. The van der Waals surface area contributed by atoms with Crippen molar-refractivity contribution in [1.29, 1.82) is 0 Å². The van der Waals surface area contributed by atoms with Gasteiger partial charge in [-0.2, -0.15) is 0 Å². The molecule has 1 heterocycles. The summed E-state index contributed by atoms with van der Waals surface area (Å²) in [6.45, 7) is 5.17. The molecule has 1 fully saturated rings. The summed E-state index contributed by atoms with van der Waals surface area (Å²) in [6, 6.07) is 6.08. The summed E-state index contributed by atoms with van der Waals surface area (Å²) in [7, 11) is 0. The lowest BCUT2D eigenvalue weighted by Crippen LogP contribution is -2.50. The van der Waals surface area contributed by atoms with Crippen molar-refractivity contribution >= 4 is 5.91 Å². The van der Waals surface area contributed by atoms with E-state index in [0.717, 1.165) is 19.5 Å². The largest absolute Gasteiger partial charge is 0.392 e. The Morgan fingerprint density at radius 2 is 1.95 bits per heavy atom. The molecular formula is C15H21FN2O2. The Balaban J connectivity index is 1.91. The first-order chi connectivity index (χ1) is 9.61. The van der Waals surface area contributed by atoms with Crippen LogP contribution in [0, 0.1) is 5.82 Å². The molecule has 1 aliphatic heterocycles. The molecule has 0 aliphatic carbocycles. The molecule has 5 heteroatoms. The number of nitrogens with zero attached hydrogens (tertiary/aromatic N) is 2. The van der Waals surface area contributed by atoms with Gasteiger partial charge in [-0.05, 0) is 18.6 Å². The number of aliphatic hydroxyl groups is 1. The molecule has 1 atom stereocenters. The highest BCUT2D eigenvalue weighted by Gasteiger charge is 2.24. The molecule has 1 amide bonds. The number of hydrogen-bond acceptors (Lipinski definition) is 3. The van der Waals surface area contributed by atoms with E-state index in [9.17, 15) is 14.3 Å². The maximum absolute atomic E-state index is 13.6. The van der Waals surface area contributed by atoms with Crippen molar-refractivity contribution in [3.05, 3.63) is 35.6 Å². The Kier molecular flexibility index (Phi) is 5.09. The third-order valence-electron chi connectivity index (χ3n) is 3.70. The fourth-order valence-electron chi connectivity index (χ4n) is 2.37. The minimum atomic E-state index is -0.471. The summed E-state index contributed by atoms with van der Waals surface area (Å²) >= 11 is 0. The van der Waals surface area contributed by atoms with Crippen LogP contribution in [0.15, 0.2) is 24.3 Å². The first kappa shape index (κ1) is 14.9. The van der Waals surface area contributed by atoms with Crippen LogP contribution < -0.4 is 0 Å². The van der Waals surface area contributed by atoms with Gasteiger partial charge in [-0.3, -0.25) is 9.69 Å². The predicted molar refractivity (Wildman–Crippen MR) is 75.0 cm³/mol. The second kappa shape index (κ2) is 6.81. The van der Waals surface area contributed by atoms with Crippen LogP contribution in [0.5, 0.6) is 0 Å². The van der Waals surface area contributed by atoms with E-state index >= 15 is 0 Å². The molecule has 0 bridgehead atoms. The number of carbonyl (C=O) groups is 1. The maximum Gasteiger partial charge on any atom is 0.256 e. The van der Waals surface area contributed by atoms with Gasteiger partial charge in [0.2, 0.25) is 0 Å². The van der Waals surface area contributed by atoms with Crippen LogP contribution in [0.4, 0.5) is 4.39 Å². The van der Waals surface area contributed by atoms with Crippen LogP contribution >= 0.6 is 0 Å². The molecule has 1 aliphatic rings. The highest BCUT2D eigenvalue weighted by Crippen LogP contribution is 2.12. The molecule has 0 saturated carbocycles. The van der Waals surface area contributed by atoms with Gasteiger partial charge in [-0.1, -0.05) is 19.1 Å². The number of amides is 1. The lowest BCUT2D eigenvalue weighted by molar-refractivity contribution is 0.0520. The number of aliphatic hydroxyl groups excluding tert-OH is 1. The lowest BCUT2D eigenvalue weighted by Gasteiger charge is -2.35. The number of benzene rings is 1. The zero-order chi connectivity index (χ0) is 14.5. The first-order valence-corrected chi connectivity index (χ1v) is 7.06. The number of carbonyl (C=O) groups excluding carboxylic acids is 1. The van der Waals surface area contributed by atoms with Crippen LogP contribution in [0.1, 0.15) is 23.7 Å². The second-order valence-electron chi connectivity index (χ2n) is 5.13. The van der Waals surface area contributed by atoms with E-state index < -0.39 is 5.82 Å². The minimum absolute atomic E-state index is 0.134. The van der Waals surface area contributed by atoms with Gasteiger partial charge in [0.1, 0.15) is 5.82 Å². The third-order valence-corrected chi connectivity index (χ3v) is 3.70. The number of rotatable bonds is 4. The Morgan fingerprint density at radius 1 is 1.30 bits per heavy atom. The van der Waals surface area contributed by atoms with Gasteiger partial charge in [0, 0.05) is 32.7 Å². The standard InChI is InChI=1S/C15H21FN2O2/c1-2-12(19)11-17-7-9-18(10-8-17)15(20)13-5-3-4-6-14(13)16/h3-6,12,19H,2,7-11H2,1H3. The Labute approximate surface area is 118 Å². The second-order valence-corrected chi connectivity index (χ2v) is 5.13. The van der Waals surface area contributed by atoms with E-state index in [2.05, 4.69) is 4.90 Å². The molecule has 110 valence electrons. The molecule has 0 aromatic heterocycles. The van der Waals surface area contributed by atoms with Gasteiger partial charge in [-0.15, -0.1) is 0 Å². The number of hydrogen-bond donors (Lipinski definition) is 1. The Morgan fingerprint density at radius 3 is 2.55 bits per heavy atom. The first-order valence-electron chi connectivity index (χ1n) is 7.06. The third kappa shape index (κ3) is 3.55. The summed E-state index contributed by atoms with van der Waals surface area (Å²) < 4.78 is 13.6. The normalized spacial score (nSPS) is 18.1. The van der Waals surface area contributed by atoms with Crippen molar-refractivity contribution in [2.45, 2.75) is 19.4 Å². The van der Waals surface area contributed by atoms with Gasteiger partial charge < -0.3 is 10.0 Å². The lowest BCUT2D eigenvalue weighted by atomic mass is 10.1. The molecule has 2 rings (SSSR count). The smallest absolute Gasteiger partial charge is 0.256 e. The van der Waals surface area contributed by atoms with Crippen LogP contribution in [-0.2, 0) is 0 Å². The summed E-state index contributed by atoms with van der Waals surface area (Å²) in [4.78, 5) is 16.0. The zero-order valence-corrected chi connectivity index (χ0v) is 11.8. The Hall–Kier alpha value is -1.46. The highest BCUT2D eigenvalue weighted by molar-refractivity contribution is 5.94. The average molecular weight is 280 g/mol. The molecule has 20 heavy (non-hydrogen) atoms. The van der Waals surface area contributed by atoms with Crippen LogP contribution in [0.2, 0.25) is 0 Å². The fourth-order valence-corrected chi connectivity index (χ4v) is 2.37. The van der Waals surface area contributed by atoms with Crippen molar-refractivity contribution in [3.8, 4) is 0 Å². The van der Waals surface area contributed by atoms with E-state index in [-0.39, 0.29) is 17.6 Å². The SMILES string of the molecule is CCC(O)CN1CCN(C(=O)c2ccccc2F)CC1. The molecule has 1 N–H and O–H groups in total. The topological polar surface area (TPSA) is 43.8 Å². The monoisotopic (exact) mass is 280 g/mol. The molecule has 1 aromatic carbocycles. The van der Waals surface area contributed by atoms with E-state index in [1.165, 1.54) is 12.1 Å². The summed E-state index contributed by atoms with van der Waals surface area (Å²) in [5, 5.41) is 9.63. The predicted octanol–water partition coefficient (Wildman–Crippen LogP) is 1.35. The number of β-amino-alcohol motifs (C(OH)–C–C–N with tert-alkyl or cyclic N) is 1. The van der Waals surface area contributed by atoms with Gasteiger partial charge >= 0.3 is 0 Å². The van der Waals surface area contributed by atoms with Crippen molar-refractivity contribution in [1.82, 2.24) is 9.80 Å². The summed E-state index contributed by atoms with van der Waals surface area (Å²) in [5.41, 5.74) is 0.134. The van der Waals surface area contributed by atoms with Crippen molar-refractivity contribution in [2.75, 3.05) is 32.7 Å². The average Bonchev–Trinajstić information content (AvgIpc) is 2.47. The molecule has 1 unspecified atom stereocenters. The zero-order valence-electron chi connectivity index (χ0n) is 11.8. The van der Waals surface area contributed by atoms with E-state index in [0.29, 0.717) is 19.6 Å². The van der Waals surface area contributed by atoms with Gasteiger partial charge in [0.25, 0.3) is 5.91 Å². The quantitative estimate of drug-likeness (QED) is 0.905. The van der Waals surface area contributed by atoms with E-state index in [4.69, 9.17) is 0 Å². The molecule has 0 radical (unpaired) electrons. The summed E-state index contributed by atoms with van der Waals surface area (Å²) in [6.07, 6.45) is 0.415. The number of halogens is 1. The Bertz CT molecular complexity index is 459. The van der Waals surface area contributed by atoms with E-state index in [1.54, 1.807) is 17.0 Å². The van der Waals surface area contributed by atoms with Crippen molar-refractivity contribution in [3.63, 3.8) is 0 Å². The van der Waals surface area contributed by atoms with Gasteiger partial charge in [0.15, 0.2) is 0 Å². The van der Waals surface area contributed by atoms with Crippen LogP contribution in [-0.4, -0.2) is 59.6 Å². The summed E-state index contributed by atoms with van der Waals surface area (Å²) in [5.74, 6) is -0.722. The molecule has 4 nitrogen and oxygen atoms in total. The van der Waals surface area contributed by atoms with Crippen LogP contribution in [0.25, 0.3) is 0 Å². The van der Waals surface area contributed by atoms with Crippen molar-refractivity contribution in [2.24, 2.45) is 0 Å².